The number of unbranched alkanes of at least 4 members (excludes halogenated alkanes) is 2. The van der Waals surface area contributed by atoms with Crippen molar-refractivity contribution in [2.75, 3.05) is 13.2 Å². The fraction of sp³-hybridized carbons (Fsp3) is 0.333. The van der Waals surface area contributed by atoms with Gasteiger partial charge in [0.1, 0.15) is 6.61 Å². The minimum absolute atomic E-state index is 0.0466. The Kier molecular flexibility index (Phi) is 9.50. The number of carbonyl (C=O) groups excluding carboxylic acids is 2. The normalized spacial score (nSPS) is 11.9. The summed E-state index contributed by atoms with van der Waals surface area (Å²) in [5, 5.41) is 16.3. The van der Waals surface area contributed by atoms with Gasteiger partial charge in [-0.3, -0.25) is 9.59 Å². The lowest BCUT2D eigenvalue weighted by atomic mass is 10.1. The number of hydrogen-bond acceptors (Lipinski definition) is 5. The van der Waals surface area contributed by atoms with Gasteiger partial charge in [0.2, 0.25) is 15.9 Å². The standard InChI is InChI=1S/C18H24N2O5S/c19-26(24,25)17-11-9-15(10-12-17)6-3-4-8-18(23)20-13-5-1-2-7-16(22)14-21/h3-4,6,8-12,21H,1-2,5,7,13-14H2,(H,20,23)(H2,19,24,25)/b6-3+,8-4+. The van der Waals surface area contributed by atoms with Gasteiger partial charge in [-0.2, -0.15) is 0 Å². The van der Waals surface area contributed by atoms with Gasteiger partial charge in [0.05, 0.1) is 4.90 Å². The third-order valence-corrected chi connectivity index (χ3v) is 4.39. The van der Waals surface area contributed by atoms with Gasteiger partial charge in [0.25, 0.3) is 0 Å². The van der Waals surface area contributed by atoms with Crippen LogP contribution in [0.15, 0.2) is 47.4 Å². The van der Waals surface area contributed by atoms with Gasteiger partial charge >= 0.3 is 0 Å². The number of Topliss-reactive ketones (excluding diaryl/α,β-unsaturated/α-hetero) is 1. The lowest BCUT2D eigenvalue weighted by molar-refractivity contribution is -0.122. The Balaban J connectivity index is 2.27. The maximum absolute atomic E-state index is 11.6. The van der Waals surface area contributed by atoms with E-state index in [1.165, 1.54) is 18.2 Å². The van der Waals surface area contributed by atoms with Gasteiger partial charge in [-0.15, -0.1) is 0 Å². The first-order valence-electron chi connectivity index (χ1n) is 8.21. The van der Waals surface area contributed by atoms with Crippen LogP contribution in [-0.4, -0.2) is 38.4 Å². The van der Waals surface area contributed by atoms with Crippen LogP contribution in [0.2, 0.25) is 0 Å². The van der Waals surface area contributed by atoms with Crippen molar-refractivity contribution in [3.63, 3.8) is 0 Å². The van der Waals surface area contributed by atoms with Crippen molar-refractivity contribution < 1.29 is 23.1 Å². The molecule has 0 aliphatic heterocycles. The summed E-state index contributed by atoms with van der Waals surface area (Å²) in [6.07, 6.45) is 9.04. The minimum Gasteiger partial charge on any atom is -0.389 e. The molecule has 0 atom stereocenters. The Morgan fingerprint density at radius 3 is 2.38 bits per heavy atom. The molecule has 26 heavy (non-hydrogen) atoms. The van der Waals surface area contributed by atoms with E-state index < -0.39 is 16.6 Å². The van der Waals surface area contributed by atoms with Crippen LogP contribution in [0.3, 0.4) is 0 Å². The lowest BCUT2D eigenvalue weighted by Crippen LogP contribution is -2.22. The molecule has 0 spiro atoms. The van der Waals surface area contributed by atoms with E-state index in [0.29, 0.717) is 19.4 Å². The van der Waals surface area contributed by atoms with Crippen LogP contribution >= 0.6 is 0 Å². The van der Waals surface area contributed by atoms with Gasteiger partial charge < -0.3 is 10.4 Å². The molecule has 0 aromatic heterocycles. The van der Waals surface area contributed by atoms with Crippen LogP contribution < -0.4 is 10.5 Å². The molecule has 0 bridgehead atoms. The third kappa shape index (κ3) is 9.26. The highest BCUT2D eigenvalue weighted by atomic mass is 32.2. The van der Waals surface area contributed by atoms with E-state index >= 15 is 0 Å². The zero-order chi connectivity index (χ0) is 19.4. The lowest BCUT2D eigenvalue weighted by Gasteiger charge is -2.01. The fourth-order valence-corrected chi connectivity index (χ4v) is 2.57. The van der Waals surface area contributed by atoms with Crippen LogP contribution in [-0.2, 0) is 19.6 Å². The molecule has 1 aromatic carbocycles. The summed E-state index contributed by atoms with van der Waals surface area (Å²) in [5.41, 5.74) is 0.778. The van der Waals surface area contributed by atoms with E-state index in [2.05, 4.69) is 5.32 Å². The molecule has 0 heterocycles. The second-order valence-electron chi connectivity index (χ2n) is 5.63. The number of aliphatic hydroxyl groups is 1. The smallest absolute Gasteiger partial charge is 0.243 e. The van der Waals surface area contributed by atoms with Crippen LogP contribution in [0.1, 0.15) is 31.2 Å². The van der Waals surface area contributed by atoms with E-state index in [1.807, 2.05) is 0 Å². The Labute approximate surface area is 153 Å². The van der Waals surface area contributed by atoms with Crippen molar-refractivity contribution in [2.45, 2.75) is 30.6 Å². The Bertz CT molecular complexity index is 752. The molecule has 4 N–H and O–H groups in total. The van der Waals surface area contributed by atoms with Crippen molar-refractivity contribution in [3.8, 4) is 0 Å². The number of carbonyl (C=O) groups is 2. The fourth-order valence-electron chi connectivity index (χ4n) is 2.05. The number of nitrogens with two attached hydrogens (primary N) is 1. The van der Waals surface area contributed by atoms with E-state index in [9.17, 15) is 18.0 Å². The summed E-state index contributed by atoms with van der Waals surface area (Å²) >= 11 is 0. The molecule has 1 aromatic rings. The van der Waals surface area contributed by atoms with Gasteiger partial charge in [-0.1, -0.05) is 36.8 Å². The maximum atomic E-state index is 11.6. The number of ketones is 1. The molecule has 142 valence electrons. The van der Waals surface area contributed by atoms with Crippen LogP contribution in [0.25, 0.3) is 6.08 Å². The van der Waals surface area contributed by atoms with Crippen molar-refractivity contribution in [3.05, 3.63) is 48.1 Å². The second kappa shape index (κ2) is 11.3. The minimum atomic E-state index is -3.70. The summed E-state index contributed by atoms with van der Waals surface area (Å²) in [5.74, 6) is -0.381. The summed E-state index contributed by atoms with van der Waals surface area (Å²) in [7, 11) is -3.70. The van der Waals surface area contributed by atoms with Crippen molar-refractivity contribution in [1.82, 2.24) is 5.32 Å². The molecule has 0 fully saturated rings. The number of amides is 1. The predicted molar refractivity (Wildman–Crippen MR) is 99.6 cm³/mol. The van der Waals surface area contributed by atoms with E-state index in [1.54, 1.807) is 30.4 Å². The van der Waals surface area contributed by atoms with E-state index in [-0.39, 0.29) is 16.6 Å². The van der Waals surface area contributed by atoms with Crippen molar-refractivity contribution >= 4 is 27.8 Å². The zero-order valence-electron chi connectivity index (χ0n) is 14.4. The Morgan fingerprint density at radius 1 is 1.08 bits per heavy atom. The molecule has 0 saturated heterocycles. The number of aliphatic hydroxyl groups excluding tert-OH is 1. The predicted octanol–water partition coefficient (Wildman–Crippen LogP) is 1.14. The van der Waals surface area contributed by atoms with Crippen molar-refractivity contribution in [2.24, 2.45) is 5.14 Å². The molecule has 0 unspecified atom stereocenters. The molecule has 0 radical (unpaired) electrons. The number of primary sulfonamides is 1. The first kappa shape index (κ1) is 21.8. The number of nitrogens with one attached hydrogen (secondary N) is 1. The molecule has 1 rings (SSSR count). The highest BCUT2D eigenvalue weighted by Crippen LogP contribution is 2.09. The number of hydrogen-bond donors (Lipinski definition) is 3. The monoisotopic (exact) mass is 380 g/mol. The summed E-state index contributed by atoms with van der Waals surface area (Å²) < 4.78 is 22.3. The molecule has 0 saturated carbocycles. The highest BCUT2D eigenvalue weighted by Gasteiger charge is 2.05. The SMILES string of the molecule is NS(=O)(=O)c1ccc(/C=C/C=C/C(=O)NCCCCCC(=O)CO)cc1. The average molecular weight is 380 g/mol. The van der Waals surface area contributed by atoms with Crippen molar-refractivity contribution in [1.29, 1.82) is 0 Å². The van der Waals surface area contributed by atoms with Crippen LogP contribution in [0, 0.1) is 0 Å². The Morgan fingerprint density at radius 2 is 1.77 bits per heavy atom. The van der Waals surface area contributed by atoms with E-state index in [4.69, 9.17) is 10.2 Å². The summed E-state index contributed by atoms with van der Waals surface area (Å²) in [6, 6.07) is 6.07. The molecule has 1 amide bonds. The molecular formula is C18H24N2O5S. The maximum Gasteiger partial charge on any atom is 0.243 e. The summed E-state index contributed by atoms with van der Waals surface area (Å²) in [6.45, 7) is 0.112. The van der Waals surface area contributed by atoms with E-state index in [0.717, 1.165) is 18.4 Å². The summed E-state index contributed by atoms with van der Waals surface area (Å²) in [4.78, 5) is 22.5. The van der Waals surface area contributed by atoms with Crippen LogP contribution in [0.4, 0.5) is 0 Å². The number of sulfonamides is 1. The van der Waals surface area contributed by atoms with Gasteiger partial charge in [0.15, 0.2) is 5.78 Å². The van der Waals surface area contributed by atoms with Gasteiger partial charge in [-0.05, 0) is 30.5 Å². The first-order valence-corrected chi connectivity index (χ1v) is 9.75. The number of allylic oxidation sites excluding steroid dienone is 2. The second-order valence-corrected chi connectivity index (χ2v) is 7.19. The third-order valence-electron chi connectivity index (χ3n) is 3.46. The molecule has 8 heteroatoms. The quantitative estimate of drug-likeness (QED) is 0.301. The average Bonchev–Trinajstić information content (AvgIpc) is 2.61. The first-order chi connectivity index (χ1) is 12.3. The zero-order valence-corrected chi connectivity index (χ0v) is 15.2. The highest BCUT2D eigenvalue weighted by molar-refractivity contribution is 7.89. The topological polar surface area (TPSA) is 127 Å². The Hall–Kier alpha value is -2.29. The number of benzene rings is 1. The molecular weight excluding hydrogens is 356 g/mol. The molecule has 7 nitrogen and oxygen atoms in total. The molecule has 0 aliphatic rings. The van der Waals surface area contributed by atoms with Gasteiger partial charge in [0, 0.05) is 19.0 Å². The largest absolute Gasteiger partial charge is 0.389 e. The van der Waals surface area contributed by atoms with Gasteiger partial charge in [-0.25, -0.2) is 13.6 Å². The number of rotatable bonds is 11. The van der Waals surface area contributed by atoms with Crippen LogP contribution in [0.5, 0.6) is 0 Å². The molecule has 0 aliphatic carbocycles.